The number of nitrogens with zero attached hydrogens (tertiary/aromatic N) is 5. The molecule has 0 spiro atoms. The van der Waals surface area contributed by atoms with Gasteiger partial charge in [-0.15, -0.1) is 5.10 Å². The Morgan fingerprint density at radius 2 is 1.83 bits per heavy atom. The van der Waals surface area contributed by atoms with Crippen LogP contribution in [0.1, 0.15) is 44.4 Å². The van der Waals surface area contributed by atoms with E-state index in [2.05, 4.69) is 15.3 Å². The number of pyridine rings is 1. The lowest BCUT2D eigenvalue weighted by atomic mass is 9.95. The van der Waals surface area contributed by atoms with Crippen LogP contribution in [0.3, 0.4) is 0 Å². The highest BCUT2D eigenvalue weighted by Crippen LogP contribution is 2.46. The second-order valence-corrected chi connectivity index (χ2v) is 15.0. The minimum absolute atomic E-state index is 0.00103. The Morgan fingerprint density at radius 1 is 1.08 bits per heavy atom. The predicted molar refractivity (Wildman–Crippen MR) is 185 cm³/mol. The molecule has 2 fully saturated rings. The van der Waals surface area contributed by atoms with E-state index in [1.807, 2.05) is 57.2 Å². The zero-order valence-electron chi connectivity index (χ0n) is 28.5. The maximum Gasteiger partial charge on any atom is 0.410 e. The Balaban J connectivity index is 1.21. The highest BCUT2D eigenvalue weighted by molar-refractivity contribution is 7.99. The summed E-state index contributed by atoms with van der Waals surface area (Å²) in [6, 6.07) is 12.2. The fraction of sp³-hybridized carbons (Fsp3) is 0.389. The van der Waals surface area contributed by atoms with Crippen LogP contribution in [0.2, 0.25) is 5.02 Å². The van der Waals surface area contributed by atoms with E-state index in [4.69, 9.17) is 35.3 Å². The third-order valence-corrected chi connectivity index (χ3v) is 10.1. The lowest BCUT2D eigenvalue weighted by molar-refractivity contribution is -0.308. The van der Waals surface area contributed by atoms with Gasteiger partial charge in [-0.1, -0.05) is 65.0 Å². The molecule has 2 saturated heterocycles. The normalized spacial score (nSPS) is 24.8. The largest absolute Gasteiger partial charge is 0.444 e. The first-order valence-corrected chi connectivity index (χ1v) is 17.7. The molecule has 0 radical (unpaired) electrons. The first kappa shape index (κ1) is 36.4. The number of ether oxygens (including phenoxy) is 5. The van der Waals surface area contributed by atoms with Gasteiger partial charge in [0.25, 0.3) is 0 Å². The summed E-state index contributed by atoms with van der Waals surface area (Å²) in [6.07, 6.45) is 1.74. The molecule has 0 aliphatic carbocycles. The second kappa shape index (κ2) is 14.8. The molecule has 52 heavy (non-hydrogen) atoms. The van der Waals surface area contributed by atoms with Crippen molar-refractivity contribution in [3.8, 4) is 11.3 Å². The number of fused-ring (bicyclic) bond motifs is 1. The number of halogens is 4. The number of amides is 1. The van der Waals surface area contributed by atoms with Crippen LogP contribution in [0.25, 0.3) is 16.8 Å². The van der Waals surface area contributed by atoms with Gasteiger partial charge in [0.1, 0.15) is 41.1 Å². The van der Waals surface area contributed by atoms with Crippen molar-refractivity contribution in [3.05, 3.63) is 101 Å². The molecule has 3 aliphatic rings. The van der Waals surface area contributed by atoms with E-state index >= 15 is 0 Å². The van der Waals surface area contributed by atoms with E-state index in [9.17, 15) is 18.0 Å². The van der Waals surface area contributed by atoms with Crippen LogP contribution in [-0.4, -0.2) is 87.1 Å². The van der Waals surface area contributed by atoms with Crippen molar-refractivity contribution < 1.29 is 41.7 Å². The standard InChI is InChI=1S/C36H35ClF3N5O6S/c1-36(2,3)51-35(46)44-11-10-20(16-44)29-27(14-22(37)15-41-29)52-34-32(47-4)30(31-26(49-34)18-48-33(50-31)19-8-6-5-7-9-19)45-17-25(42-43-45)21-12-23(38)28(40)24(39)13-21/h5-10,12-15,17,26,30-34H,11,16,18H2,1-4H3. The number of hydrogen-bond acceptors (Lipinski definition) is 10. The number of carbonyl (C=O) groups is 1. The Bertz CT molecular complexity index is 1960. The van der Waals surface area contributed by atoms with Crippen molar-refractivity contribution in [3.63, 3.8) is 0 Å². The van der Waals surface area contributed by atoms with Crippen molar-refractivity contribution in [1.29, 1.82) is 0 Å². The quantitative estimate of drug-likeness (QED) is 0.179. The van der Waals surface area contributed by atoms with Crippen LogP contribution in [-0.2, 0) is 23.7 Å². The van der Waals surface area contributed by atoms with Gasteiger partial charge < -0.3 is 28.6 Å². The third kappa shape index (κ3) is 7.56. The van der Waals surface area contributed by atoms with Crippen LogP contribution in [0.4, 0.5) is 18.0 Å². The average Bonchev–Trinajstić information content (AvgIpc) is 3.81. The van der Waals surface area contributed by atoms with Gasteiger partial charge in [-0.25, -0.2) is 22.6 Å². The van der Waals surface area contributed by atoms with E-state index < -0.39 is 65.2 Å². The molecule has 0 N–H and O–H groups in total. The molecule has 5 heterocycles. The summed E-state index contributed by atoms with van der Waals surface area (Å²) in [4.78, 5) is 19.7. The summed E-state index contributed by atoms with van der Waals surface area (Å²) >= 11 is 7.80. The van der Waals surface area contributed by atoms with Gasteiger partial charge >= 0.3 is 6.09 Å². The molecule has 3 aliphatic heterocycles. The molecule has 1 amide bonds. The predicted octanol–water partition coefficient (Wildman–Crippen LogP) is 7.23. The topological polar surface area (TPSA) is 110 Å². The summed E-state index contributed by atoms with van der Waals surface area (Å²) in [7, 11) is 1.53. The summed E-state index contributed by atoms with van der Waals surface area (Å²) in [5, 5.41) is 8.91. The summed E-state index contributed by atoms with van der Waals surface area (Å²) in [6.45, 7) is 6.21. The van der Waals surface area contributed by atoms with Gasteiger partial charge in [-0.05, 0) is 44.5 Å². The fourth-order valence-corrected chi connectivity index (χ4v) is 7.89. The molecule has 7 rings (SSSR count). The molecule has 2 aromatic heterocycles. The fourth-order valence-electron chi connectivity index (χ4n) is 6.32. The van der Waals surface area contributed by atoms with Crippen LogP contribution in [0.15, 0.2) is 71.9 Å². The Kier molecular flexibility index (Phi) is 10.3. The number of aromatic nitrogens is 4. The van der Waals surface area contributed by atoms with Gasteiger partial charge in [0.2, 0.25) is 0 Å². The minimum Gasteiger partial charge on any atom is -0.444 e. The first-order valence-electron chi connectivity index (χ1n) is 16.4. The molecule has 11 nitrogen and oxygen atoms in total. The minimum atomic E-state index is -1.58. The van der Waals surface area contributed by atoms with Crippen molar-refractivity contribution in [1.82, 2.24) is 24.9 Å². The second-order valence-electron chi connectivity index (χ2n) is 13.5. The van der Waals surface area contributed by atoms with Crippen molar-refractivity contribution in [2.24, 2.45) is 0 Å². The smallest absolute Gasteiger partial charge is 0.410 e. The maximum atomic E-state index is 14.2. The SMILES string of the molecule is COC1C(Sc2cc(Cl)cnc2C2=CCN(C(=O)OC(C)(C)C)C2)OC2COC(c3ccccc3)OC2C1n1cc(-c2cc(F)c(F)c(F)c2)nn1. The van der Waals surface area contributed by atoms with Crippen LogP contribution >= 0.6 is 23.4 Å². The number of benzene rings is 2. The summed E-state index contributed by atoms with van der Waals surface area (Å²) in [5.74, 6) is -4.28. The Labute approximate surface area is 307 Å². The molecule has 274 valence electrons. The molecule has 6 unspecified atom stereocenters. The Hall–Kier alpha value is -3.99. The van der Waals surface area contributed by atoms with Crippen LogP contribution in [0, 0.1) is 17.5 Å². The van der Waals surface area contributed by atoms with Gasteiger partial charge in [0.15, 0.2) is 23.7 Å². The molecule has 0 saturated carbocycles. The highest BCUT2D eigenvalue weighted by atomic mass is 35.5. The lowest BCUT2D eigenvalue weighted by Gasteiger charge is -2.48. The van der Waals surface area contributed by atoms with Crippen molar-refractivity contribution >= 4 is 35.0 Å². The van der Waals surface area contributed by atoms with Crippen LogP contribution < -0.4 is 0 Å². The zero-order chi connectivity index (χ0) is 36.7. The molecular formula is C36H35ClF3N5O6S. The van der Waals surface area contributed by atoms with E-state index in [0.29, 0.717) is 22.2 Å². The van der Waals surface area contributed by atoms with Gasteiger partial charge in [0.05, 0.1) is 30.1 Å². The number of carbonyl (C=O) groups excluding carboxylic acids is 1. The van der Waals surface area contributed by atoms with Crippen molar-refractivity contribution in [2.45, 2.75) is 67.3 Å². The maximum absolute atomic E-state index is 14.2. The van der Waals surface area contributed by atoms with E-state index in [1.165, 1.54) is 35.9 Å². The summed E-state index contributed by atoms with van der Waals surface area (Å²) < 4.78 is 74.7. The molecule has 0 bridgehead atoms. The number of methoxy groups -OCH3 is 1. The monoisotopic (exact) mass is 757 g/mol. The zero-order valence-corrected chi connectivity index (χ0v) is 30.1. The molecule has 6 atom stereocenters. The Morgan fingerprint density at radius 3 is 2.54 bits per heavy atom. The molecule has 2 aromatic carbocycles. The number of thioether (sulfide) groups is 1. The number of rotatable bonds is 7. The van der Waals surface area contributed by atoms with E-state index in [1.54, 1.807) is 11.0 Å². The summed E-state index contributed by atoms with van der Waals surface area (Å²) in [5.41, 5.74) is 0.956. The average molecular weight is 758 g/mol. The van der Waals surface area contributed by atoms with Gasteiger partial charge in [-0.3, -0.25) is 4.98 Å². The van der Waals surface area contributed by atoms with Gasteiger partial charge in [0, 0.05) is 35.9 Å². The highest BCUT2D eigenvalue weighted by Gasteiger charge is 2.52. The third-order valence-electron chi connectivity index (χ3n) is 8.69. The molecule has 16 heteroatoms. The molecular weight excluding hydrogens is 723 g/mol. The van der Waals surface area contributed by atoms with Crippen molar-refractivity contribution in [2.75, 3.05) is 26.8 Å². The van der Waals surface area contributed by atoms with E-state index in [0.717, 1.165) is 23.3 Å². The lowest BCUT2D eigenvalue weighted by Crippen LogP contribution is -2.59. The number of hydrogen-bond donors (Lipinski definition) is 0. The molecule has 4 aromatic rings. The van der Waals surface area contributed by atoms with Gasteiger partial charge in [-0.2, -0.15) is 0 Å². The first-order chi connectivity index (χ1) is 24.9. The van der Waals surface area contributed by atoms with Crippen LogP contribution in [0.5, 0.6) is 0 Å². The van der Waals surface area contributed by atoms with E-state index in [-0.39, 0.29) is 24.4 Å².